The van der Waals surface area contributed by atoms with Crippen LogP contribution in [-0.4, -0.2) is 62.5 Å². The molecule has 0 bridgehead atoms. The van der Waals surface area contributed by atoms with Crippen molar-refractivity contribution < 1.29 is 19.1 Å². The zero-order valence-corrected chi connectivity index (χ0v) is 26.1. The van der Waals surface area contributed by atoms with Gasteiger partial charge >= 0.3 is 6.09 Å². The molecule has 0 unspecified atom stereocenters. The van der Waals surface area contributed by atoms with Gasteiger partial charge in [-0.25, -0.2) is 14.8 Å². The number of halogens is 1. The zero-order valence-electron chi connectivity index (χ0n) is 25.4. The molecule has 234 valence electrons. The van der Waals surface area contributed by atoms with Crippen LogP contribution in [0.5, 0.6) is 0 Å². The van der Waals surface area contributed by atoms with Crippen molar-refractivity contribution >= 4 is 52.0 Å². The standard InChI is InChI=1S/C33H36ClN7O4/c1-5-28(42)38-22-12-10-20(11-13-22)15-36-30(43)21-14-23(19-41(18-21)32(44)45-33(2,3)4)39-31-37-17-26(34)29(40-31)25-16-35-27-9-7-6-8-24(25)27/h5-13,16-17,21,23,35H,1,14-15,18-19H2,2-4H3,(H,36,43)(H,38,42)(H,37,39,40)/t21-,23+/m1/s1. The highest BCUT2D eigenvalue weighted by atomic mass is 35.5. The molecule has 1 fully saturated rings. The summed E-state index contributed by atoms with van der Waals surface area (Å²) in [5.41, 5.74) is 3.15. The van der Waals surface area contributed by atoms with Gasteiger partial charge in [0, 0.05) is 54.0 Å². The van der Waals surface area contributed by atoms with Crippen molar-refractivity contribution in [2.45, 2.75) is 45.4 Å². The number of likely N-dealkylation sites (tertiary alicyclic amines) is 1. The fourth-order valence-electron chi connectivity index (χ4n) is 5.18. The molecule has 45 heavy (non-hydrogen) atoms. The van der Waals surface area contributed by atoms with E-state index in [2.05, 4.69) is 32.5 Å². The molecule has 11 nitrogen and oxygen atoms in total. The Balaban J connectivity index is 1.31. The first-order valence-electron chi connectivity index (χ1n) is 14.6. The molecule has 4 N–H and O–H groups in total. The van der Waals surface area contributed by atoms with Crippen molar-refractivity contribution in [2.24, 2.45) is 5.92 Å². The summed E-state index contributed by atoms with van der Waals surface area (Å²) in [6.07, 6.45) is 4.54. The van der Waals surface area contributed by atoms with E-state index < -0.39 is 17.6 Å². The number of hydrogen-bond acceptors (Lipinski definition) is 7. The monoisotopic (exact) mass is 629 g/mol. The van der Waals surface area contributed by atoms with E-state index in [9.17, 15) is 14.4 Å². The number of hydrogen-bond donors (Lipinski definition) is 4. The van der Waals surface area contributed by atoms with Crippen LogP contribution in [0.15, 0.2) is 73.6 Å². The van der Waals surface area contributed by atoms with Crippen LogP contribution in [0.4, 0.5) is 16.4 Å². The van der Waals surface area contributed by atoms with Gasteiger partial charge in [0.25, 0.3) is 0 Å². The molecule has 4 aromatic rings. The number of rotatable bonds is 8. The molecule has 0 spiro atoms. The smallest absolute Gasteiger partial charge is 0.410 e. The summed E-state index contributed by atoms with van der Waals surface area (Å²) in [7, 11) is 0. The Morgan fingerprint density at radius 3 is 2.62 bits per heavy atom. The highest BCUT2D eigenvalue weighted by Gasteiger charge is 2.36. The van der Waals surface area contributed by atoms with Crippen molar-refractivity contribution in [1.29, 1.82) is 0 Å². The van der Waals surface area contributed by atoms with E-state index in [-0.39, 0.29) is 30.9 Å². The quantitative estimate of drug-likeness (QED) is 0.182. The highest BCUT2D eigenvalue weighted by Crippen LogP contribution is 2.33. The molecule has 3 amide bonds. The topological polar surface area (TPSA) is 141 Å². The van der Waals surface area contributed by atoms with E-state index in [0.29, 0.717) is 35.3 Å². The van der Waals surface area contributed by atoms with E-state index in [1.807, 2.05) is 42.6 Å². The van der Waals surface area contributed by atoms with E-state index >= 15 is 0 Å². The number of nitrogens with zero attached hydrogens (tertiary/aromatic N) is 3. The minimum absolute atomic E-state index is 0.199. The first-order valence-corrected chi connectivity index (χ1v) is 15.0. The predicted octanol–water partition coefficient (Wildman–Crippen LogP) is 5.76. The van der Waals surface area contributed by atoms with Crippen LogP contribution >= 0.6 is 11.6 Å². The number of amides is 3. The van der Waals surface area contributed by atoms with E-state index in [1.165, 1.54) is 6.08 Å². The summed E-state index contributed by atoms with van der Waals surface area (Å²) in [6, 6.07) is 14.7. The van der Waals surface area contributed by atoms with E-state index in [1.54, 1.807) is 44.0 Å². The molecular weight excluding hydrogens is 594 g/mol. The minimum atomic E-state index is -0.694. The number of benzene rings is 2. The van der Waals surface area contributed by atoms with Gasteiger partial charge in [0.15, 0.2) is 0 Å². The predicted molar refractivity (Wildman–Crippen MR) is 175 cm³/mol. The van der Waals surface area contributed by atoms with Crippen LogP contribution in [0.2, 0.25) is 5.02 Å². The number of piperidine rings is 1. The molecule has 0 saturated carbocycles. The number of carbonyl (C=O) groups excluding carboxylic acids is 3. The average molecular weight is 630 g/mol. The Kier molecular flexibility index (Phi) is 9.38. The van der Waals surface area contributed by atoms with Gasteiger partial charge in [0.05, 0.1) is 22.8 Å². The summed E-state index contributed by atoms with van der Waals surface area (Å²) in [5, 5.41) is 10.4. The normalized spacial score (nSPS) is 16.6. The number of H-pyrrole nitrogens is 1. The van der Waals surface area contributed by atoms with Gasteiger partial charge in [-0.2, -0.15) is 0 Å². The van der Waals surface area contributed by atoms with Crippen molar-refractivity contribution in [3.05, 3.63) is 84.2 Å². The van der Waals surface area contributed by atoms with Crippen molar-refractivity contribution in [3.8, 4) is 11.3 Å². The second kappa shape index (κ2) is 13.4. The second-order valence-electron chi connectivity index (χ2n) is 11.9. The number of ether oxygens (including phenoxy) is 1. The number of aromatic nitrogens is 3. The lowest BCUT2D eigenvalue weighted by atomic mass is 9.93. The lowest BCUT2D eigenvalue weighted by molar-refractivity contribution is -0.126. The number of aromatic amines is 1. The van der Waals surface area contributed by atoms with Gasteiger partial charge in [0.1, 0.15) is 5.60 Å². The first kappa shape index (κ1) is 31.5. The third-order valence-corrected chi connectivity index (χ3v) is 7.54. The Labute approximate surface area is 266 Å². The van der Waals surface area contributed by atoms with Crippen LogP contribution in [-0.2, 0) is 20.9 Å². The number of fused-ring (bicyclic) bond motifs is 1. The lowest BCUT2D eigenvalue weighted by Crippen LogP contribution is -2.53. The molecule has 3 heterocycles. The number of anilines is 2. The average Bonchev–Trinajstić information content (AvgIpc) is 3.44. The van der Waals surface area contributed by atoms with Crippen LogP contribution in [0.3, 0.4) is 0 Å². The Hall–Kier alpha value is -4.90. The van der Waals surface area contributed by atoms with Crippen molar-refractivity contribution in [1.82, 2.24) is 25.2 Å². The zero-order chi connectivity index (χ0) is 32.1. The van der Waals surface area contributed by atoms with Gasteiger partial charge < -0.3 is 30.6 Å². The Bertz CT molecular complexity index is 1710. The molecule has 2 atom stereocenters. The largest absolute Gasteiger partial charge is 0.444 e. The van der Waals surface area contributed by atoms with Crippen molar-refractivity contribution in [2.75, 3.05) is 23.7 Å². The van der Waals surface area contributed by atoms with Gasteiger partial charge in [0.2, 0.25) is 17.8 Å². The summed E-state index contributed by atoms with van der Waals surface area (Å²) < 4.78 is 5.64. The maximum Gasteiger partial charge on any atom is 0.410 e. The summed E-state index contributed by atoms with van der Waals surface area (Å²) >= 11 is 6.53. The van der Waals surface area contributed by atoms with Crippen LogP contribution in [0.25, 0.3) is 22.2 Å². The van der Waals surface area contributed by atoms with Crippen LogP contribution < -0.4 is 16.0 Å². The molecular formula is C33H36ClN7O4. The van der Waals surface area contributed by atoms with Crippen molar-refractivity contribution in [3.63, 3.8) is 0 Å². The number of carbonyl (C=O) groups is 3. The van der Waals surface area contributed by atoms with Crippen LogP contribution in [0, 0.1) is 5.92 Å². The molecule has 1 aliphatic rings. The van der Waals surface area contributed by atoms with Crippen LogP contribution in [0.1, 0.15) is 32.8 Å². The fourth-order valence-corrected chi connectivity index (χ4v) is 5.37. The lowest BCUT2D eigenvalue weighted by Gasteiger charge is -2.38. The minimum Gasteiger partial charge on any atom is -0.444 e. The van der Waals surface area contributed by atoms with Gasteiger partial charge in [-0.05, 0) is 57.0 Å². The molecule has 5 rings (SSSR count). The SMILES string of the molecule is C=CC(=O)Nc1ccc(CNC(=O)[C@@H]2C[C@H](Nc3ncc(Cl)c(-c4c[nH]c5ccccc45)n3)CN(C(=O)OC(C)(C)C)C2)cc1. The summed E-state index contributed by atoms with van der Waals surface area (Å²) in [6.45, 7) is 9.63. The van der Waals surface area contributed by atoms with Gasteiger partial charge in [-0.15, -0.1) is 0 Å². The Morgan fingerprint density at radius 2 is 1.89 bits per heavy atom. The van der Waals surface area contributed by atoms with Gasteiger partial charge in [-0.1, -0.05) is 48.5 Å². The number of para-hydroxylation sites is 1. The number of nitrogens with one attached hydrogen (secondary N) is 4. The van der Waals surface area contributed by atoms with E-state index in [4.69, 9.17) is 21.3 Å². The van der Waals surface area contributed by atoms with E-state index in [0.717, 1.165) is 22.0 Å². The molecule has 1 saturated heterocycles. The molecule has 0 aliphatic carbocycles. The first-order chi connectivity index (χ1) is 21.5. The molecule has 2 aromatic heterocycles. The fraction of sp³-hybridized carbons (Fsp3) is 0.303. The second-order valence-corrected chi connectivity index (χ2v) is 12.3. The van der Waals surface area contributed by atoms with Gasteiger partial charge in [-0.3, -0.25) is 9.59 Å². The molecule has 0 radical (unpaired) electrons. The summed E-state index contributed by atoms with van der Waals surface area (Å²) in [4.78, 5) is 52.0. The molecule has 1 aliphatic heterocycles. The maximum atomic E-state index is 13.4. The molecule has 2 aromatic carbocycles. The maximum absolute atomic E-state index is 13.4. The third kappa shape index (κ3) is 7.98. The summed E-state index contributed by atoms with van der Waals surface area (Å²) in [5.74, 6) is -0.686. The Morgan fingerprint density at radius 1 is 1.13 bits per heavy atom. The highest BCUT2D eigenvalue weighted by molar-refractivity contribution is 6.33. The molecule has 12 heteroatoms. The third-order valence-electron chi connectivity index (χ3n) is 7.27.